The lowest BCUT2D eigenvalue weighted by Crippen LogP contribution is -2.28. The molecule has 4 N–H and O–H groups in total. The number of rotatable bonds is 6. The van der Waals surface area contributed by atoms with Crippen LogP contribution in [0.4, 0.5) is 17.6 Å². The summed E-state index contributed by atoms with van der Waals surface area (Å²) in [5.74, 6) is 0.977. The summed E-state index contributed by atoms with van der Waals surface area (Å²) in [5.41, 5.74) is 7.85. The molecule has 8 nitrogen and oxygen atoms in total. The van der Waals surface area contributed by atoms with E-state index in [0.29, 0.717) is 22.4 Å². The van der Waals surface area contributed by atoms with Gasteiger partial charge >= 0.3 is 0 Å². The van der Waals surface area contributed by atoms with Gasteiger partial charge in [0.2, 0.25) is 17.8 Å². The van der Waals surface area contributed by atoms with Crippen LogP contribution < -0.4 is 16.4 Å². The minimum absolute atomic E-state index is 0.0619. The SMILES string of the molecule is CC(C)Nc1ncc2nc(Nc3cccc(Cl)c3)n(C3CCC(C(N)=O)CC3)c2n1. The number of primary amides is 1. The van der Waals surface area contributed by atoms with Crippen LogP contribution in [0, 0.1) is 5.92 Å². The van der Waals surface area contributed by atoms with Gasteiger partial charge in [-0.05, 0) is 57.7 Å². The van der Waals surface area contributed by atoms with Crippen LogP contribution in [0.5, 0.6) is 0 Å². The molecule has 0 bridgehead atoms. The molecular formula is C21H26ClN7O. The number of anilines is 3. The van der Waals surface area contributed by atoms with Gasteiger partial charge in [-0.25, -0.2) is 9.97 Å². The quantitative estimate of drug-likeness (QED) is 0.542. The number of hydrogen-bond donors (Lipinski definition) is 3. The molecule has 1 fully saturated rings. The second-order valence-electron chi connectivity index (χ2n) is 8.05. The maximum atomic E-state index is 11.6. The first kappa shape index (κ1) is 20.4. The number of benzene rings is 1. The third kappa shape index (κ3) is 4.33. The summed E-state index contributed by atoms with van der Waals surface area (Å²) in [5, 5.41) is 7.28. The number of nitrogens with two attached hydrogens (primary N) is 1. The molecule has 2 aromatic heterocycles. The topological polar surface area (TPSA) is 111 Å². The van der Waals surface area contributed by atoms with Crippen LogP contribution in [0.2, 0.25) is 5.02 Å². The lowest BCUT2D eigenvalue weighted by molar-refractivity contribution is -0.122. The van der Waals surface area contributed by atoms with E-state index < -0.39 is 0 Å². The van der Waals surface area contributed by atoms with Crippen molar-refractivity contribution >= 4 is 46.3 Å². The van der Waals surface area contributed by atoms with E-state index in [-0.39, 0.29) is 23.9 Å². The van der Waals surface area contributed by atoms with Crippen LogP contribution in [0.25, 0.3) is 11.2 Å². The second-order valence-corrected chi connectivity index (χ2v) is 8.49. The molecule has 158 valence electrons. The predicted octanol–water partition coefficient (Wildman–Crippen LogP) is 4.26. The van der Waals surface area contributed by atoms with Gasteiger partial charge in [-0.3, -0.25) is 9.36 Å². The fourth-order valence-corrected chi connectivity index (χ4v) is 4.16. The number of nitrogens with zero attached hydrogens (tertiary/aromatic N) is 4. The average Bonchev–Trinajstić information content (AvgIpc) is 3.04. The Morgan fingerprint density at radius 2 is 2.00 bits per heavy atom. The smallest absolute Gasteiger partial charge is 0.224 e. The maximum Gasteiger partial charge on any atom is 0.224 e. The molecular weight excluding hydrogens is 402 g/mol. The number of aromatic nitrogens is 4. The van der Waals surface area contributed by atoms with E-state index in [9.17, 15) is 4.79 Å². The number of halogens is 1. The highest BCUT2D eigenvalue weighted by molar-refractivity contribution is 6.30. The minimum atomic E-state index is -0.216. The van der Waals surface area contributed by atoms with Crippen molar-refractivity contribution in [1.82, 2.24) is 19.5 Å². The Bertz CT molecular complexity index is 1060. The molecule has 0 aliphatic heterocycles. The summed E-state index contributed by atoms with van der Waals surface area (Å²) in [6, 6.07) is 7.89. The fraction of sp³-hybridized carbons (Fsp3) is 0.429. The van der Waals surface area contributed by atoms with Crippen LogP contribution in [-0.2, 0) is 4.79 Å². The van der Waals surface area contributed by atoms with Crippen molar-refractivity contribution in [2.24, 2.45) is 11.7 Å². The molecule has 30 heavy (non-hydrogen) atoms. The number of amides is 1. The zero-order chi connectivity index (χ0) is 21.3. The summed E-state index contributed by atoms with van der Waals surface area (Å²) in [6.45, 7) is 4.09. The third-order valence-corrected chi connectivity index (χ3v) is 5.63. The molecule has 1 aliphatic carbocycles. The van der Waals surface area contributed by atoms with Gasteiger partial charge in [-0.1, -0.05) is 17.7 Å². The Balaban J connectivity index is 1.73. The Hall–Kier alpha value is -2.87. The molecule has 0 saturated heterocycles. The molecule has 1 saturated carbocycles. The highest BCUT2D eigenvalue weighted by Crippen LogP contribution is 2.37. The van der Waals surface area contributed by atoms with Crippen molar-refractivity contribution in [3.05, 3.63) is 35.5 Å². The zero-order valence-electron chi connectivity index (χ0n) is 17.1. The average molecular weight is 428 g/mol. The van der Waals surface area contributed by atoms with E-state index >= 15 is 0 Å². The summed E-state index contributed by atoms with van der Waals surface area (Å²) < 4.78 is 2.13. The Labute approximate surface area is 180 Å². The van der Waals surface area contributed by atoms with Gasteiger partial charge in [0.15, 0.2) is 5.65 Å². The van der Waals surface area contributed by atoms with Gasteiger partial charge in [0, 0.05) is 28.7 Å². The molecule has 9 heteroatoms. The van der Waals surface area contributed by atoms with E-state index in [0.717, 1.165) is 37.0 Å². The normalized spacial score (nSPS) is 19.2. The molecule has 0 atom stereocenters. The van der Waals surface area contributed by atoms with Crippen molar-refractivity contribution in [3.8, 4) is 0 Å². The highest BCUT2D eigenvalue weighted by Gasteiger charge is 2.29. The minimum Gasteiger partial charge on any atom is -0.369 e. The molecule has 0 spiro atoms. The summed E-state index contributed by atoms with van der Waals surface area (Å²) in [7, 11) is 0. The first-order valence-electron chi connectivity index (χ1n) is 10.2. The molecule has 4 rings (SSSR count). The lowest BCUT2D eigenvalue weighted by atomic mass is 9.85. The fourth-order valence-electron chi connectivity index (χ4n) is 3.97. The van der Waals surface area contributed by atoms with Crippen LogP contribution >= 0.6 is 11.6 Å². The first-order valence-corrected chi connectivity index (χ1v) is 10.6. The van der Waals surface area contributed by atoms with E-state index in [4.69, 9.17) is 27.3 Å². The van der Waals surface area contributed by atoms with Gasteiger partial charge in [-0.2, -0.15) is 4.98 Å². The van der Waals surface area contributed by atoms with Gasteiger partial charge in [-0.15, -0.1) is 0 Å². The number of imidazole rings is 1. The third-order valence-electron chi connectivity index (χ3n) is 5.40. The van der Waals surface area contributed by atoms with E-state index in [1.807, 2.05) is 38.1 Å². The van der Waals surface area contributed by atoms with Crippen molar-refractivity contribution in [3.63, 3.8) is 0 Å². The van der Waals surface area contributed by atoms with Crippen LogP contribution in [0.15, 0.2) is 30.5 Å². The first-order chi connectivity index (χ1) is 14.4. The molecule has 2 heterocycles. The Morgan fingerprint density at radius 1 is 1.23 bits per heavy atom. The van der Waals surface area contributed by atoms with E-state index in [1.165, 1.54) is 0 Å². The number of carbonyl (C=O) groups is 1. The van der Waals surface area contributed by atoms with E-state index in [2.05, 4.69) is 20.2 Å². The largest absolute Gasteiger partial charge is 0.369 e. The standard InChI is InChI=1S/C21H26ClN7O/c1-12(2)25-20-24-11-17-19(28-20)29(16-8-6-13(7-9-16)18(23)30)21(27-17)26-15-5-3-4-14(22)10-15/h3-5,10-13,16H,6-9H2,1-2H3,(H2,23,30)(H,26,27)(H,24,25,28). The van der Waals surface area contributed by atoms with E-state index in [1.54, 1.807) is 6.20 Å². The van der Waals surface area contributed by atoms with Gasteiger partial charge in [0.25, 0.3) is 0 Å². The number of fused-ring (bicyclic) bond motifs is 1. The summed E-state index contributed by atoms with van der Waals surface area (Å²) >= 11 is 6.15. The summed E-state index contributed by atoms with van der Waals surface area (Å²) in [6.07, 6.45) is 4.93. The van der Waals surface area contributed by atoms with Gasteiger partial charge in [0.05, 0.1) is 6.20 Å². The molecule has 1 aromatic carbocycles. The Kier molecular flexibility index (Phi) is 5.76. The van der Waals surface area contributed by atoms with Crippen LogP contribution in [-0.4, -0.2) is 31.5 Å². The van der Waals surface area contributed by atoms with Crippen molar-refractivity contribution in [2.75, 3.05) is 10.6 Å². The number of carbonyl (C=O) groups excluding carboxylic acids is 1. The molecule has 3 aromatic rings. The second kappa shape index (κ2) is 8.47. The lowest BCUT2D eigenvalue weighted by Gasteiger charge is -2.29. The molecule has 0 radical (unpaired) electrons. The van der Waals surface area contributed by atoms with Crippen molar-refractivity contribution in [1.29, 1.82) is 0 Å². The molecule has 1 aliphatic rings. The monoisotopic (exact) mass is 427 g/mol. The van der Waals surface area contributed by atoms with Crippen LogP contribution in [0.3, 0.4) is 0 Å². The molecule has 0 unspecified atom stereocenters. The Morgan fingerprint density at radius 3 is 2.67 bits per heavy atom. The van der Waals surface area contributed by atoms with Gasteiger partial charge < -0.3 is 16.4 Å². The maximum absolute atomic E-state index is 11.6. The zero-order valence-corrected chi connectivity index (χ0v) is 17.9. The predicted molar refractivity (Wildman–Crippen MR) is 119 cm³/mol. The summed E-state index contributed by atoms with van der Waals surface area (Å²) in [4.78, 5) is 25.5. The van der Waals surface area contributed by atoms with Crippen molar-refractivity contribution < 1.29 is 4.79 Å². The van der Waals surface area contributed by atoms with Crippen LogP contribution in [0.1, 0.15) is 45.6 Å². The van der Waals surface area contributed by atoms with Gasteiger partial charge in [0.1, 0.15) is 5.52 Å². The number of hydrogen-bond acceptors (Lipinski definition) is 6. The highest BCUT2D eigenvalue weighted by atomic mass is 35.5. The van der Waals surface area contributed by atoms with Crippen molar-refractivity contribution in [2.45, 2.75) is 51.6 Å². The molecule has 1 amide bonds. The number of nitrogens with one attached hydrogen (secondary N) is 2.